The number of benzene rings is 2. The first-order valence-electron chi connectivity index (χ1n) is 9.46. The molecule has 0 saturated carbocycles. The van der Waals surface area contributed by atoms with E-state index in [1.807, 2.05) is 19.1 Å². The number of halogens is 1. The van der Waals surface area contributed by atoms with Crippen molar-refractivity contribution in [3.05, 3.63) is 52.0 Å². The predicted molar refractivity (Wildman–Crippen MR) is 116 cm³/mol. The molecule has 6 nitrogen and oxygen atoms in total. The molecule has 29 heavy (non-hydrogen) atoms. The summed E-state index contributed by atoms with van der Waals surface area (Å²) in [6.45, 7) is 2.45. The van der Waals surface area contributed by atoms with Crippen molar-refractivity contribution in [1.29, 1.82) is 0 Å². The lowest BCUT2D eigenvalue weighted by Crippen LogP contribution is -2.13. The number of unbranched alkanes of at least 4 members (excludes halogenated alkanes) is 1. The second kappa shape index (κ2) is 11.5. The van der Waals surface area contributed by atoms with E-state index in [1.165, 1.54) is 0 Å². The molecule has 1 N–H and O–H groups in total. The molecule has 0 atom stereocenters. The molecule has 2 aromatic rings. The summed E-state index contributed by atoms with van der Waals surface area (Å²) in [6, 6.07) is 10.4. The van der Waals surface area contributed by atoms with E-state index in [0.717, 1.165) is 22.9 Å². The fourth-order valence-corrected chi connectivity index (χ4v) is 3.16. The van der Waals surface area contributed by atoms with E-state index in [4.69, 9.17) is 14.2 Å². The van der Waals surface area contributed by atoms with Gasteiger partial charge in [-0.15, -0.1) is 0 Å². The highest BCUT2D eigenvalue weighted by atomic mass is 79.9. The Morgan fingerprint density at radius 3 is 2.31 bits per heavy atom. The van der Waals surface area contributed by atoms with E-state index in [1.54, 1.807) is 38.5 Å². The zero-order valence-corrected chi connectivity index (χ0v) is 18.5. The van der Waals surface area contributed by atoms with Crippen LogP contribution in [0.15, 0.2) is 40.9 Å². The van der Waals surface area contributed by atoms with E-state index in [2.05, 4.69) is 21.2 Å². The molecule has 0 heterocycles. The number of esters is 1. The van der Waals surface area contributed by atoms with Crippen LogP contribution < -0.4 is 14.8 Å². The van der Waals surface area contributed by atoms with Crippen LogP contribution in [0.3, 0.4) is 0 Å². The summed E-state index contributed by atoms with van der Waals surface area (Å²) in [5.41, 5.74) is 2.04. The van der Waals surface area contributed by atoms with Crippen LogP contribution in [0.4, 0.5) is 5.69 Å². The average Bonchev–Trinajstić information content (AvgIpc) is 2.73. The van der Waals surface area contributed by atoms with Crippen molar-refractivity contribution in [2.24, 2.45) is 0 Å². The Morgan fingerprint density at radius 1 is 1.03 bits per heavy atom. The minimum Gasteiger partial charge on any atom is -0.493 e. The zero-order valence-electron chi connectivity index (χ0n) is 16.9. The summed E-state index contributed by atoms with van der Waals surface area (Å²) in [4.78, 5) is 24.2. The number of carbonyl (C=O) groups excluding carboxylic acids is 2. The molecule has 2 aromatic carbocycles. The monoisotopic (exact) mass is 463 g/mol. The Labute approximate surface area is 179 Å². The molecule has 0 radical (unpaired) electrons. The van der Waals surface area contributed by atoms with Gasteiger partial charge in [-0.2, -0.15) is 0 Å². The van der Waals surface area contributed by atoms with Gasteiger partial charge in [0, 0.05) is 16.6 Å². The van der Waals surface area contributed by atoms with Crippen molar-refractivity contribution in [2.75, 3.05) is 26.1 Å². The Kier molecular flexibility index (Phi) is 8.99. The lowest BCUT2D eigenvalue weighted by molar-refractivity contribution is -0.116. The molecule has 0 aromatic heterocycles. The highest BCUT2D eigenvalue weighted by Crippen LogP contribution is 2.33. The molecule has 0 unspecified atom stereocenters. The number of anilines is 1. The average molecular weight is 464 g/mol. The van der Waals surface area contributed by atoms with Crippen molar-refractivity contribution in [2.45, 2.75) is 32.6 Å². The third-order valence-electron chi connectivity index (χ3n) is 4.31. The Hall–Kier alpha value is -2.54. The Balaban J connectivity index is 1.90. The van der Waals surface area contributed by atoms with Crippen molar-refractivity contribution >= 4 is 33.5 Å². The van der Waals surface area contributed by atoms with Crippen molar-refractivity contribution in [3.8, 4) is 11.5 Å². The Morgan fingerprint density at radius 2 is 1.69 bits per heavy atom. The van der Waals surface area contributed by atoms with E-state index in [9.17, 15) is 9.59 Å². The highest BCUT2D eigenvalue weighted by Gasteiger charge is 2.12. The number of methoxy groups -OCH3 is 2. The largest absolute Gasteiger partial charge is 0.493 e. The van der Waals surface area contributed by atoms with Gasteiger partial charge in [0.05, 0.1) is 26.4 Å². The van der Waals surface area contributed by atoms with Gasteiger partial charge in [0.1, 0.15) is 0 Å². The lowest BCUT2D eigenvalue weighted by Gasteiger charge is -2.12. The van der Waals surface area contributed by atoms with Crippen LogP contribution >= 0.6 is 15.9 Å². The SMILES string of the molecule is CCCCOC(=O)c1ccc(NC(=O)CCc2cc(OC)c(OC)cc2Br)cc1. The fraction of sp³-hybridized carbons (Fsp3) is 0.364. The quantitative estimate of drug-likeness (QED) is 0.396. The normalized spacial score (nSPS) is 10.3. The maximum atomic E-state index is 12.3. The number of ether oxygens (including phenoxy) is 3. The number of amides is 1. The van der Waals surface area contributed by atoms with Gasteiger partial charge >= 0.3 is 5.97 Å². The third-order valence-corrected chi connectivity index (χ3v) is 5.05. The standard InChI is InChI=1S/C22H26BrNO5/c1-4-5-12-29-22(26)15-6-9-17(10-7-15)24-21(25)11-8-16-13-19(27-2)20(28-3)14-18(16)23/h6-7,9-10,13-14H,4-5,8,11-12H2,1-3H3,(H,24,25). The molecular weight excluding hydrogens is 438 g/mol. The van der Waals surface area contributed by atoms with Crippen LogP contribution in [0.25, 0.3) is 0 Å². The molecule has 7 heteroatoms. The first-order valence-corrected chi connectivity index (χ1v) is 10.2. The molecule has 1 amide bonds. The van der Waals surface area contributed by atoms with Crippen molar-refractivity contribution in [1.82, 2.24) is 0 Å². The summed E-state index contributed by atoms with van der Waals surface area (Å²) in [5, 5.41) is 2.84. The second-order valence-corrected chi connectivity index (χ2v) is 7.27. The first kappa shape index (κ1) is 22.7. The summed E-state index contributed by atoms with van der Waals surface area (Å²) >= 11 is 3.50. The van der Waals surface area contributed by atoms with Crippen LogP contribution in [0, 0.1) is 0 Å². The van der Waals surface area contributed by atoms with Gasteiger partial charge in [0.15, 0.2) is 11.5 Å². The number of carbonyl (C=O) groups is 2. The maximum Gasteiger partial charge on any atom is 0.338 e. The van der Waals surface area contributed by atoms with E-state index in [0.29, 0.717) is 42.2 Å². The first-order chi connectivity index (χ1) is 14.0. The van der Waals surface area contributed by atoms with Crippen molar-refractivity contribution in [3.63, 3.8) is 0 Å². The topological polar surface area (TPSA) is 73.9 Å². The number of hydrogen-bond acceptors (Lipinski definition) is 5. The zero-order chi connectivity index (χ0) is 21.2. The van der Waals surface area contributed by atoms with Crippen molar-refractivity contribution < 1.29 is 23.8 Å². The molecular formula is C22H26BrNO5. The molecule has 0 aliphatic carbocycles. The van der Waals surface area contributed by atoms with Crippen LogP contribution in [-0.2, 0) is 16.0 Å². The molecule has 0 aliphatic rings. The maximum absolute atomic E-state index is 12.3. The van der Waals surface area contributed by atoms with E-state index in [-0.39, 0.29) is 11.9 Å². The summed E-state index contributed by atoms with van der Waals surface area (Å²) in [6.07, 6.45) is 2.65. The van der Waals surface area contributed by atoms with Crippen LogP contribution in [-0.4, -0.2) is 32.7 Å². The van der Waals surface area contributed by atoms with Gasteiger partial charge in [-0.1, -0.05) is 29.3 Å². The molecule has 0 aliphatic heterocycles. The lowest BCUT2D eigenvalue weighted by atomic mass is 10.1. The minimum atomic E-state index is -0.352. The van der Waals surface area contributed by atoms with Crippen LogP contribution in [0.1, 0.15) is 42.1 Å². The number of nitrogens with one attached hydrogen (secondary N) is 1. The van der Waals surface area contributed by atoms with Gasteiger partial charge in [0.25, 0.3) is 0 Å². The summed E-state index contributed by atoms with van der Waals surface area (Å²) in [7, 11) is 3.15. The molecule has 0 fully saturated rings. The number of aryl methyl sites for hydroxylation is 1. The summed E-state index contributed by atoms with van der Waals surface area (Å²) in [5.74, 6) is 0.771. The van der Waals surface area contributed by atoms with Crippen LogP contribution in [0.5, 0.6) is 11.5 Å². The van der Waals surface area contributed by atoms with Gasteiger partial charge < -0.3 is 19.5 Å². The highest BCUT2D eigenvalue weighted by molar-refractivity contribution is 9.10. The Bertz CT molecular complexity index is 836. The number of hydrogen-bond donors (Lipinski definition) is 1. The predicted octanol–water partition coefficient (Wildman–Crippen LogP) is 4.99. The second-order valence-electron chi connectivity index (χ2n) is 6.41. The van der Waals surface area contributed by atoms with E-state index < -0.39 is 0 Å². The third kappa shape index (κ3) is 6.78. The molecule has 0 saturated heterocycles. The minimum absolute atomic E-state index is 0.120. The molecule has 2 rings (SSSR count). The fourth-order valence-electron chi connectivity index (χ4n) is 2.64. The van der Waals surface area contributed by atoms with Gasteiger partial charge in [0.2, 0.25) is 5.91 Å². The number of rotatable bonds is 10. The molecule has 0 spiro atoms. The smallest absolute Gasteiger partial charge is 0.338 e. The van der Waals surface area contributed by atoms with Gasteiger partial charge in [-0.3, -0.25) is 4.79 Å². The molecule has 0 bridgehead atoms. The van der Waals surface area contributed by atoms with Crippen LogP contribution in [0.2, 0.25) is 0 Å². The van der Waals surface area contributed by atoms with Gasteiger partial charge in [-0.05, 0) is 54.8 Å². The molecule has 156 valence electrons. The van der Waals surface area contributed by atoms with E-state index >= 15 is 0 Å². The summed E-state index contributed by atoms with van der Waals surface area (Å²) < 4.78 is 16.6. The van der Waals surface area contributed by atoms with Gasteiger partial charge in [-0.25, -0.2) is 4.79 Å².